The summed E-state index contributed by atoms with van der Waals surface area (Å²) in [6.07, 6.45) is 10.2. The Hall–Kier alpha value is -1.83. The van der Waals surface area contributed by atoms with Crippen molar-refractivity contribution in [3.05, 3.63) is 48.1 Å². The molecule has 0 amide bonds. The van der Waals surface area contributed by atoms with Crippen LogP contribution in [0, 0.1) is 11.3 Å². The number of ether oxygens (including phenoxy) is 1. The maximum Gasteiger partial charge on any atom is 0.317 e. The van der Waals surface area contributed by atoms with Crippen molar-refractivity contribution in [3.63, 3.8) is 0 Å². The van der Waals surface area contributed by atoms with Gasteiger partial charge >= 0.3 is 5.97 Å². The van der Waals surface area contributed by atoms with Gasteiger partial charge in [0.1, 0.15) is 5.75 Å². The minimum Gasteiger partial charge on any atom is -0.426 e. The fourth-order valence-corrected chi connectivity index (χ4v) is 3.08. The molecule has 1 atom stereocenters. The first-order valence-corrected chi connectivity index (χ1v) is 8.63. The zero-order chi connectivity index (χ0) is 16.9. The predicted molar refractivity (Wildman–Crippen MR) is 96.3 cm³/mol. The van der Waals surface area contributed by atoms with Gasteiger partial charge in [-0.3, -0.25) is 4.79 Å². The van der Waals surface area contributed by atoms with E-state index in [2.05, 4.69) is 39.0 Å². The minimum atomic E-state index is -0.413. The highest BCUT2D eigenvalue weighted by atomic mass is 16.5. The van der Waals surface area contributed by atoms with E-state index in [1.54, 1.807) is 0 Å². The van der Waals surface area contributed by atoms with E-state index in [0.29, 0.717) is 11.7 Å². The van der Waals surface area contributed by atoms with Crippen molar-refractivity contribution in [2.24, 2.45) is 11.3 Å². The van der Waals surface area contributed by atoms with Crippen molar-refractivity contribution in [2.75, 3.05) is 0 Å². The molecule has 0 aliphatic heterocycles. The van der Waals surface area contributed by atoms with Crippen molar-refractivity contribution in [2.45, 2.75) is 53.4 Å². The second kappa shape index (κ2) is 7.63. The summed E-state index contributed by atoms with van der Waals surface area (Å²) in [6, 6.07) is 7.88. The molecular weight excluding hydrogens is 284 g/mol. The molecule has 2 heteroatoms. The second-order valence-electron chi connectivity index (χ2n) is 7.08. The summed E-state index contributed by atoms with van der Waals surface area (Å²) in [6.45, 7) is 8.34. The van der Waals surface area contributed by atoms with Crippen LogP contribution in [0.15, 0.2) is 42.5 Å². The van der Waals surface area contributed by atoms with E-state index in [0.717, 1.165) is 25.7 Å². The van der Waals surface area contributed by atoms with Gasteiger partial charge < -0.3 is 4.74 Å². The summed E-state index contributed by atoms with van der Waals surface area (Å²) >= 11 is 0. The Kier molecular flexibility index (Phi) is 5.81. The summed E-state index contributed by atoms with van der Waals surface area (Å²) in [7, 11) is 0. The Labute approximate surface area is 140 Å². The average molecular weight is 312 g/mol. The molecule has 0 heterocycles. The third-order valence-corrected chi connectivity index (χ3v) is 4.58. The summed E-state index contributed by atoms with van der Waals surface area (Å²) in [4.78, 5) is 12.5. The van der Waals surface area contributed by atoms with Crippen molar-refractivity contribution >= 4 is 11.5 Å². The third kappa shape index (κ3) is 4.57. The summed E-state index contributed by atoms with van der Waals surface area (Å²) in [5.41, 5.74) is 2.13. The molecule has 124 valence electrons. The number of carbonyl (C=O) groups excluding carboxylic acids is 1. The molecule has 1 aliphatic carbocycles. The zero-order valence-electron chi connectivity index (χ0n) is 14.8. The van der Waals surface area contributed by atoms with E-state index in [9.17, 15) is 4.79 Å². The molecule has 0 bridgehead atoms. The molecule has 1 aromatic carbocycles. The van der Waals surface area contributed by atoms with Crippen LogP contribution in [0.3, 0.4) is 0 Å². The quantitative estimate of drug-likeness (QED) is 0.491. The van der Waals surface area contributed by atoms with Gasteiger partial charge in [0.2, 0.25) is 0 Å². The third-order valence-electron chi connectivity index (χ3n) is 4.58. The number of esters is 1. The average Bonchev–Trinajstić information content (AvgIpc) is 2.55. The van der Waals surface area contributed by atoms with E-state index in [1.165, 1.54) is 11.1 Å². The Morgan fingerprint density at radius 1 is 1.26 bits per heavy atom. The summed E-state index contributed by atoms with van der Waals surface area (Å²) in [5, 5.41) is 0. The van der Waals surface area contributed by atoms with Gasteiger partial charge in [0, 0.05) is 0 Å². The summed E-state index contributed by atoms with van der Waals surface area (Å²) < 4.78 is 5.64. The monoisotopic (exact) mass is 312 g/mol. The highest BCUT2D eigenvalue weighted by Crippen LogP contribution is 2.32. The Morgan fingerprint density at radius 3 is 2.48 bits per heavy atom. The molecule has 0 spiro atoms. The number of hydrogen-bond acceptors (Lipinski definition) is 2. The van der Waals surface area contributed by atoms with Gasteiger partial charge in [-0.15, -0.1) is 0 Å². The molecule has 0 radical (unpaired) electrons. The van der Waals surface area contributed by atoms with Crippen LogP contribution in [-0.2, 0) is 4.79 Å². The maximum atomic E-state index is 12.5. The van der Waals surface area contributed by atoms with Crippen molar-refractivity contribution in [3.8, 4) is 5.75 Å². The number of carbonyl (C=O) groups is 1. The molecule has 0 saturated carbocycles. The molecule has 0 fully saturated rings. The predicted octanol–water partition coefficient (Wildman–Crippen LogP) is 5.79. The number of allylic oxidation sites excluding steroid dienone is 4. The molecule has 0 N–H and O–H groups in total. The number of benzene rings is 1. The van der Waals surface area contributed by atoms with Crippen molar-refractivity contribution < 1.29 is 9.53 Å². The lowest BCUT2D eigenvalue weighted by molar-refractivity contribution is -0.146. The highest BCUT2D eigenvalue weighted by Gasteiger charge is 2.34. The second-order valence-corrected chi connectivity index (χ2v) is 7.08. The van der Waals surface area contributed by atoms with Crippen LogP contribution in [0.2, 0.25) is 0 Å². The molecule has 1 aromatic rings. The van der Waals surface area contributed by atoms with E-state index in [1.807, 2.05) is 31.2 Å². The number of hydrogen-bond donors (Lipinski definition) is 0. The lowest BCUT2D eigenvalue weighted by Gasteiger charge is -2.27. The highest BCUT2D eigenvalue weighted by molar-refractivity contribution is 5.79. The lowest BCUT2D eigenvalue weighted by Crippen LogP contribution is -2.32. The van der Waals surface area contributed by atoms with E-state index >= 15 is 0 Å². The van der Waals surface area contributed by atoms with E-state index in [4.69, 9.17) is 4.74 Å². The minimum absolute atomic E-state index is 0.124. The molecule has 0 aromatic heterocycles. The normalized spacial score (nSPS) is 16.8. The molecular formula is C21H28O2. The topological polar surface area (TPSA) is 26.3 Å². The lowest BCUT2D eigenvalue weighted by atomic mass is 9.80. The van der Waals surface area contributed by atoms with Gasteiger partial charge in [-0.05, 0) is 61.8 Å². The molecule has 2 nitrogen and oxygen atoms in total. The summed E-state index contributed by atoms with van der Waals surface area (Å²) in [5.74, 6) is 0.983. The van der Waals surface area contributed by atoms with Gasteiger partial charge in [-0.25, -0.2) is 0 Å². The van der Waals surface area contributed by atoms with Gasteiger partial charge in [-0.2, -0.15) is 0 Å². The van der Waals surface area contributed by atoms with E-state index < -0.39 is 5.41 Å². The molecule has 1 aliphatic rings. The van der Waals surface area contributed by atoms with Gasteiger partial charge in [0.25, 0.3) is 0 Å². The molecule has 2 rings (SSSR count). The van der Waals surface area contributed by atoms with Crippen LogP contribution in [-0.4, -0.2) is 5.97 Å². The van der Waals surface area contributed by atoms with Crippen LogP contribution in [0.4, 0.5) is 0 Å². The first-order valence-electron chi connectivity index (χ1n) is 8.63. The SMILES string of the molecule is CCC(C)(CC(C)C)C(=O)Oc1ccc(C2=CC=CCC2)cc1. The smallest absolute Gasteiger partial charge is 0.317 e. The number of rotatable bonds is 6. The molecule has 0 saturated heterocycles. The van der Waals surface area contributed by atoms with Gasteiger partial charge in [0.05, 0.1) is 5.41 Å². The first-order chi connectivity index (χ1) is 10.9. The standard InChI is InChI=1S/C21H28O2/c1-5-21(4,15-16(2)3)20(22)23-19-13-11-18(12-14-19)17-9-7-6-8-10-17/h6-7,9,11-14,16H,5,8,10,15H2,1-4H3. The Bertz CT molecular complexity index is 593. The Morgan fingerprint density at radius 2 is 1.96 bits per heavy atom. The van der Waals surface area contributed by atoms with Crippen LogP contribution in [0.5, 0.6) is 5.75 Å². The van der Waals surface area contributed by atoms with Crippen molar-refractivity contribution in [1.29, 1.82) is 0 Å². The largest absolute Gasteiger partial charge is 0.426 e. The van der Waals surface area contributed by atoms with Gasteiger partial charge in [0.15, 0.2) is 0 Å². The van der Waals surface area contributed by atoms with Crippen LogP contribution < -0.4 is 4.74 Å². The maximum absolute atomic E-state index is 12.5. The zero-order valence-corrected chi connectivity index (χ0v) is 14.8. The van der Waals surface area contributed by atoms with Gasteiger partial charge in [-0.1, -0.05) is 51.1 Å². The van der Waals surface area contributed by atoms with Crippen LogP contribution in [0.25, 0.3) is 5.57 Å². The van der Waals surface area contributed by atoms with Crippen LogP contribution >= 0.6 is 0 Å². The fraction of sp³-hybridized carbons (Fsp3) is 0.476. The first kappa shape index (κ1) is 17.5. The van der Waals surface area contributed by atoms with E-state index in [-0.39, 0.29) is 5.97 Å². The van der Waals surface area contributed by atoms with Crippen LogP contribution in [0.1, 0.15) is 58.9 Å². The molecule has 1 unspecified atom stereocenters. The Balaban J connectivity index is 2.06. The molecule has 23 heavy (non-hydrogen) atoms. The fourth-order valence-electron chi connectivity index (χ4n) is 3.08. The van der Waals surface area contributed by atoms with Crippen molar-refractivity contribution in [1.82, 2.24) is 0 Å².